The molecule has 0 unspecified atom stereocenters. The van der Waals surface area contributed by atoms with E-state index >= 15 is 0 Å². The van der Waals surface area contributed by atoms with Crippen LogP contribution in [0.25, 0.3) is 5.69 Å². The Labute approximate surface area is 247 Å². The number of thiocarbonyl (C=S) groups is 1. The maximum atomic E-state index is 12.3. The van der Waals surface area contributed by atoms with E-state index in [4.69, 9.17) is 23.8 Å². The van der Waals surface area contributed by atoms with Crippen LogP contribution in [-0.4, -0.2) is 20.6 Å². The number of carbonyl (C=O) groups excluding carboxylic acids is 1. The van der Waals surface area contributed by atoms with Gasteiger partial charge < -0.3 is 20.1 Å². The number of halogens is 2. The fraction of sp³-hybridized carbons (Fsp3) is 0.233. The van der Waals surface area contributed by atoms with Gasteiger partial charge in [0.15, 0.2) is 5.11 Å². The van der Waals surface area contributed by atoms with Gasteiger partial charge in [-0.25, -0.2) is 0 Å². The van der Waals surface area contributed by atoms with E-state index in [2.05, 4.69) is 73.1 Å². The fourth-order valence-electron chi connectivity index (χ4n) is 5.08. The van der Waals surface area contributed by atoms with Gasteiger partial charge in [-0.2, -0.15) is 0 Å². The summed E-state index contributed by atoms with van der Waals surface area (Å²) in [6, 6.07) is 21.7. The van der Waals surface area contributed by atoms with E-state index in [1.54, 1.807) is 6.20 Å². The smallest absolute Gasteiger partial charge is 0.226 e. The summed E-state index contributed by atoms with van der Waals surface area (Å²) < 4.78 is 3.28. The van der Waals surface area contributed by atoms with Crippen LogP contribution in [0.15, 0.2) is 77.4 Å². The molecule has 0 bridgehead atoms. The van der Waals surface area contributed by atoms with E-state index in [1.165, 1.54) is 0 Å². The molecule has 2 atom stereocenters. The first-order chi connectivity index (χ1) is 18.7. The third kappa shape index (κ3) is 5.33. The first kappa shape index (κ1) is 27.4. The van der Waals surface area contributed by atoms with Gasteiger partial charge in [-0.15, -0.1) is 0 Å². The molecule has 1 saturated heterocycles. The number of nitrogens with zero attached hydrogens (tertiary/aromatic N) is 3. The van der Waals surface area contributed by atoms with E-state index < -0.39 is 0 Å². The van der Waals surface area contributed by atoms with Crippen molar-refractivity contribution in [3.8, 4) is 5.69 Å². The van der Waals surface area contributed by atoms with Gasteiger partial charge in [-0.1, -0.05) is 53.5 Å². The zero-order valence-corrected chi connectivity index (χ0v) is 25.2. The molecule has 1 amide bonds. The molecule has 1 aliphatic rings. The van der Waals surface area contributed by atoms with Crippen molar-refractivity contribution in [1.29, 1.82) is 0 Å². The third-order valence-corrected chi connectivity index (χ3v) is 8.09. The average molecular weight is 623 g/mol. The Hall–Kier alpha value is -3.20. The van der Waals surface area contributed by atoms with Gasteiger partial charge in [-0.3, -0.25) is 9.78 Å². The zero-order valence-electron chi connectivity index (χ0n) is 22.1. The molecule has 0 spiro atoms. The number of hydrogen-bond donors (Lipinski definition) is 2. The Morgan fingerprint density at radius 2 is 1.87 bits per heavy atom. The number of rotatable bonds is 6. The van der Waals surface area contributed by atoms with Gasteiger partial charge >= 0.3 is 0 Å². The molecular formula is C30H29BrClN5OS. The van der Waals surface area contributed by atoms with Crippen molar-refractivity contribution in [3.63, 3.8) is 0 Å². The topological polar surface area (TPSA) is 62.2 Å². The Balaban J connectivity index is 1.62. The Bertz CT molecular complexity index is 1550. The molecule has 0 radical (unpaired) electrons. The normalized spacial score (nSPS) is 17.0. The molecule has 9 heteroatoms. The van der Waals surface area contributed by atoms with Gasteiger partial charge in [-0.05, 0) is 86.2 Å². The van der Waals surface area contributed by atoms with Gasteiger partial charge in [0.25, 0.3) is 0 Å². The van der Waals surface area contributed by atoms with Crippen LogP contribution in [0.4, 0.5) is 11.4 Å². The first-order valence-electron chi connectivity index (χ1n) is 12.7. The minimum Gasteiger partial charge on any atom is -0.351 e. The predicted octanol–water partition coefficient (Wildman–Crippen LogP) is 7.68. The highest BCUT2D eigenvalue weighted by Crippen LogP contribution is 2.44. The largest absolute Gasteiger partial charge is 0.351 e. The van der Waals surface area contributed by atoms with E-state index in [0.29, 0.717) is 15.8 Å². The maximum absolute atomic E-state index is 12.3. The molecule has 200 valence electrons. The molecule has 3 heterocycles. The molecule has 39 heavy (non-hydrogen) atoms. The molecule has 1 fully saturated rings. The summed E-state index contributed by atoms with van der Waals surface area (Å²) in [5.74, 6) is -0.240. The molecule has 0 saturated carbocycles. The van der Waals surface area contributed by atoms with Crippen molar-refractivity contribution >= 4 is 62.1 Å². The van der Waals surface area contributed by atoms with Gasteiger partial charge in [0.05, 0.1) is 28.5 Å². The number of hydrogen-bond acceptors (Lipinski definition) is 3. The fourth-order valence-corrected chi connectivity index (χ4v) is 6.04. The van der Waals surface area contributed by atoms with Gasteiger partial charge in [0.2, 0.25) is 5.91 Å². The van der Waals surface area contributed by atoms with Crippen LogP contribution >= 0.6 is 39.7 Å². The molecule has 2 N–H and O–H groups in total. The third-order valence-electron chi connectivity index (χ3n) is 6.97. The number of benzene rings is 2. The molecule has 5 rings (SSSR count). The Morgan fingerprint density at radius 1 is 1.08 bits per heavy atom. The van der Waals surface area contributed by atoms with E-state index in [1.807, 2.05) is 62.4 Å². The van der Waals surface area contributed by atoms with Crippen molar-refractivity contribution in [2.24, 2.45) is 5.92 Å². The summed E-state index contributed by atoms with van der Waals surface area (Å²) in [6.07, 6.45) is 1.80. The molecule has 6 nitrogen and oxygen atoms in total. The molecule has 2 aromatic carbocycles. The molecule has 1 aliphatic heterocycles. The van der Waals surface area contributed by atoms with Crippen molar-refractivity contribution in [3.05, 3.63) is 105 Å². The summed E-state index contributed by atoms with van der Waals surface area (Å²) >= 11 is 16.2. The standard InChI is InChI=1S/C30H29BrClN5OS/c1-17(2)29(38)34-25-12-11-22(16-24(25)32)37-28(27(35-30(37)39)26-10-5-6-13-33-26)23-14-18(3)36(19(23)4)21-9-7-8-20(31)15-21/h5-17,27-28H,1-4H3,(H,34,38)(H,35,39)/t27-,28+/m0/s1. The molecular weight excluding hydrogens is 594 g/mol. The van der Waals surface area contributed by atoms with Crippen LogP contribution in [0.5, 0.6) is 0 Å². The van der Waals surface area contributed by atoms with Crippen molar-refractivity contribution < 1.29 is 4.79 Å². The second-order valence-corrected chi connectivity index (χ2v) is 11.7. The summed E-state index contributed by atoms with van der Waals surface area (Å²) in [4.78, 5) is 19.1. The quantitative estimate of drug-likeness (QED) is 0.216. The highest BCUT2D eigenvalue weighted by molar-refractivity contribution is 9.10. The highest BCUT2D eigenvalue weighted by Gasteiger charge is 2.42. The minimum atomic E-state index is -0.188. The second-order valence-electron chi connectivity index (χ2n) is 9.95. The lowest BCUT2D eigenvalue weighted by Gasteiger charge is -2.28. The number of aromatic nitrogens is 2. The Morgan fingerprint density at radius 3 is 2.54 bits per heavy atom. The lowest BCUT2D eigenvalue weighted by Crippen LogP contribution is -2.29. The lowest BCUT2D eigenvalue weighted by molar-refractivity contribution is -0.118. The first-order valence-corrected chi connectivity index (χ1v) is 14.3. The molecule has 2 aromatic heterocycles. The van der Waals surface area contributed by atoms with Crippen molar-refractivity contribution in [1.82, 2.24) is 14.9 Å². The van der Waals surface area contributed by atoms with E-state index in [0.717, 1.165) is 38.5 Å². The van der Waals surface area contributed by atoms with E-state index in [-0.39, 0.29) is 23.9 Å². The monoisotopic (exact) mass is 621 g/mol. The van der Waals surface area contributed by atoms with Crippen LogP contribution in [0.2, 0.25) is 5.02 Å². The minimum absolute atomic E-state index is 0.0870. The van der Waals surface area contributed by atoms with Crippen molar-refractivity contribution in [2.75, 3.05) is 10.2 Å². The van der Waals surface area contributed by atoms with Crippen LogP contribution < -0.4 is 15.5 Å². The summed E-state index contributed by atoms with van der Waals surface area (Å²) in [5, 5.41) is 7.45. The van der Waals surface area contributed by atoms with Crippen LogP contribution in [-0.2, 0) is 4.79 Å². The average Bonchev–Trinajstić information content (AvgIpc) is 3.40. The van der Waals surface area contributed by atoms with E-state index in [9.17, 15) is 4.79 Å². The second kappa shape index (κ2) is 11.1. The van der Waals surface area contributed by atoms with Crippen LogP contribution in [0, 0.1) is 19.8 Å². The van der Waals surface area contributed by atoms with Crippen molar-refractivity contribution in [2.45, 2.75) is 39.8 Å². The van der Waals surface area contributed by atoms with Gasteiger partial charge in [0.1, 0.15) is 0 Å². The summed E-state index contributed by atoms with van der Waals surface area (Å²) in [5.41, 5.74) is 6.73. The number of nitrogens with one attached hydrogen (secondary N) is 2. The molecule has 4 aromatic rings. The maximum Gasteiger partial charge on any atom is 0.226 e. The Kier molecular flexibility index (Phi) is 7.80. The number of carbonyl (C=O) groups is 1. The van der Waals surface area contributed by atoms with Gasteiger partial charge in [0, 0.05) is 39.4 Å². The molecule has 0 aliphatic carbocycles. The number of pyridine rings is 1. The lowest BCUT2D eigenvalue weighted by atomic mass is 9.96. The summed E-state index contributed by atoms with van der Waals surface area (Å²) in [6.45, 7) is 7.94. The number of amides is 1. The predicted molar refractivity (Wildman–Crippen MR) is 166 cm³/mol. The number of anilines is 2. The highest BCUT2D eigenvalue weighted by atomic mass is 79.9. The van der Waals surface area contributed by atoms with Crippen LogP contribution in [0.1, 0.15) is 48.6 Å². The zero-order chi connectivity index (χ0) is 27.8. The van der Waals surface area contributed by atoms with Crippen LogP contribution in [0.3, 0.4) is 0 Å². The summed E-state index contributed by atoms with van der Waals surface area (Å²) in [7, 11) is 0. The number of aryl methyl sites for hydroxylation is 1. The SMILES string of the molecule is Cc1cc([C@@H]2[C@H](c3ccccn3)NC(=S)N2c2ccc(NC(=O)C(C)C)c(Cl)c2)c(C)n1-c1cccc(Br)c1.